The second-order valence-electron chi connectivity index (χ2n) is 7.99. The maximum atomic E-state index is 14.3. The average Bonchev–Trinajstić information content (AvgIpc) is 2.70. The molecule has 27 heavy (non-hydrogen) atoms. The molecule has 1 saturated heterocycles. The van der Waals surface area contributed by atoms with Crippen LogP contribution in [0.25, 0.3) is 0 Å². The molecule has 1 aliphatic carbocycles. The van der Waals surface area contributed by atoms with Crippen molar-refractivity contribution in [2.45, 2.75) is 50.3 Å². The Balaban J connectivity index is 1.69. The fraction of sp³-hybridized carbons (Fsp3) is 0.478. The molecule has 1 heterocycles. The highest BCUT2D eigenvalue weighted by atomic mass is 19.1. The van der Waals surface area contributed by atoms with Gasteiger partial charge in [0, 0.05) is 30.6 Å². The molecule has 0 unspecified atom stereocenters. The van der Waals surface area contributed by atoms with Gasteiger partial charge in [0.25, 0.3) is 0 Å². The van der Waals surface area contributed by atoms with E-state index in [2.05, 4.69) is 17.0 Å². The Kier molecular flexibility index (Phi) is 5.20. The van der Waals surface area contributed by atoms with E-state index in [0.717, 1.165) is 50.0 Å². The third-order valence-corrected chi connectivity index (χ3v) is 6.46. The van der Waals surface area contributed by atoms with E-state index in [4.69, 9.17) is 4.74 Å². The van der Waals surface area contributed by atoms with E-state index in [1.807, 2.05) is 24.3 Å². The van der Waals surface area contributed by atoms with Crippen molar-refractivity contribution in [1.82, 2.24) is 4.90 Å². The first-order valence-electron chi connectivity index (χ1n) is 9.94. The van der Waals surface area contributed by atoms with Gasteiger partial charge in [-0.3, -0.25) is 4.90 Å². The molecule has 0 radical (unpaired) electrons. The van der Waals surface area contributed by atoms with Gasteiger partial charge in [0.1, 0.15) is 11.6 Å². The lowest BCUT2D eigenvalue weighted by Crippen LogP contribution is -2.54. The van der Waals surface area contributed by atoms with Crippen molar-refractivity contribution in [2.75, 3.05) is 13.7 Å². The van der Waals surface area contributed by atoms with Gasteiger partial charge in [0.15, 0.2) is 0 Å². The highest BCUT2D eigenvalue weighted by molar-refractivity contribution is 5.31. The normalized spacial score (nSPS) is 28.6. The van der Waals surface area contributed by atoms with Crippen molar-refractivity contribution in [3.63, 3.8) is 0 Å². The van der Waals surface area contributed by atoms with Crippen LogP contribution in [0.1, 0.15) is 49.3 Å². The third kappa shape index (κ3) is 3.61. The summed E-state index contributed by atoms with van der Waals surface area (Å²) < 4.78 is 19.6. The van der Waals surface area contributed by atoms with Crippen LogP contribution in [0.5, 0.6) is 5.75 Å². The molecule has 0 aromatic heterocycles. The molecule has 3 nitrogen and oxygen atoms in total. The van der Waals surface area contributed by atoms with Crippen molar-refractivity contribution < 1.29 is 14.2 Å². The number of halogens is 1. The monoisotopic (exact) mass is 369 g/mol. The highest BCUT2D eigenvalue weighted by Gasteiger charge is 2.48. The predicted octanol–water partition coefficient (Wildman–Crippen LogP) is 4.70. The van der Waals surface area contributed by atoms with Crippen molar-refractivity contribution in [1.29, 1.82) is 0 Å². The first-order chi connectivity index (χ1) is 13.1. The molecule has 0 bridgehead atoms. The lowest BCUT2D eigenvalue weighted by Gasteiger charge is -2.52. The molecule has 3 atom stereocenters. The number of methoxy groups -OCH3 is 1. The number of likely N-dealkylation sites (tertiary alicyclic amines) is 1. The molecule has 2 aromatic rings. The average molecular weight is 369 g/mol. The Bertz CT molecular complexity index is 778. The molecule has 4 heteroatoms. The Morgan fingerprint density at radius 3 is 2.63 bits per heavy atom. The Labute approximate surface area is 160 Å². The third-order valence-electron chi connectivity index (χ3n) is 6.46. The summed E-state index contributed by atoms with van der Waals surface area (Å²) in [6, 6.07) is 15.3. The molecule has 144 valence electrons. The van der Waals surface area contributed by atoms with E-state index in [1.54, 1.807) is 13.2 Å². The van der Waals surface area contributed by atoms with E-state index < -0.39 is 5.60 Å². The van der Waals surface area contributed by atoms with Crippen LogP contribution in [0.4, 0.5) is 4.39 Å². The molecule has 0 amide bonds. The van der Waals surface area contributed by atoms with Gasteiger partial charge in [0.05, 0.1) is 12.7 Å². The summed E-state index contributed by atoms with van der Waals surface area (Å²) in [5.41, 5.74) is 1.30. The molecule has 2 aliphatic rings. The zero-order chi connectivity index (χ0) is 18.9. The lowest BCUT2D eigenvalue weighted by atomic mass is 9.66. The number of fused-ring (bicyclic) bond motifs is 1. The van der Waals surface area contributed by atoms with Crippen molar-refractivity contribution >= 4 is 0 Å². The summed E-state index contributed by atoms with van der Waals surface area (Å²) in [4.78, 5) is 2.35. The zero-order valence-electron chi connectivity index (χ0n) is 15.9. The van der Waals surface area contributed by atoms with E-state index in [1.165, 1.54) is 11.6 Å². The highest BCUT2D eigenvalue weighted by Crippen LogP contribution is 2.49. The molecule has 1 saturated carbocycles. The molecule has 2 aromatic carbocycles. The van der Waals surface area contributed by atoms with Gasteiger partial charge in [-0.1, -0.05) is 43.2 Å². The summed E-state index contributed by atoms with van der Waals surface area (Å²) in [5.74, 6) is 0.852. The SMILES string of the molecule is COc1ccc([C@@H]2[C@H]3CCCC[C@]3(O)CCN2Cc2ccccc2F)cc1. The van der Waals surface area contributed by atoms with E-state index >= 15 is 0 Å². The van der Waals surface area contributed by atoms with Crippen LogP contribution in [-0.4, -0.2) is 29.3 Å². The van der Waals surface area contributed by atoms with Crippen LogP contribution < -0.4 is 4.74 Å². The second kappa shape index (κ2) is 7.61. The number of rotatable bonds is 4. The Morgan fingerprint density at radius 2 is 1.89 bits per heavy atom. The van der Waals surface area contributed by atoms with Crippen LogP contribution in [0, 0.1) is 11.7 Å². The van der Waals surface area contributed by atoms with Gasteiger partial charge in [0.2, 0.25) is 0 Å². The van der Waals surface area contributed by atoms with Crippen LogP contribution in [0.3, 0.4) is 0 Å². The minimum Gasteiger partial charge on any atom is -0.497 e. The predicted molar refractivity (Wildman–Crippen MR) is 104 cm³/mol. The van der Waals surface area contributed by atoms with Crippen LogP contribution in [0.2, 0.25) is 0 Å². The summed E-state index contributed by atoms with van der Waals surface area (Å²) in [7, 11) is 1.67. The molecular formula is C23H28FNO2. The minimum absolute atomic E-state index is 0.0922. The summed E-state index contributed by atoms with van der Waals surface area (Å²) in [5, 5.41) is 11.3. The zero-order valence-corrected chi connectivity index (χ0v) is 15.9. The van der Waals surface area contributed by atoms with Gasteiger partial charge in [-0.05, 0) is 43.0 Å². The molecular weight excluding hydrogens is 341 g/mol. The van der Waals surface area contributed by atoms with Gasteiger partial charge in [-0.25, -0.2) is 4.39 Å². The standard InChI is InChI=1S/C23H28FNO2/c1-27-19-11-9-17(10-12-19)22-20-7-4-5-13-23(20,26)14-15-25(22)16-18-6-2-3-8-21(18)24/h2-3,6,8-12,20,22,26H,4-5,7,13-16H2,1H3/t20-,22-,23+/m1/s1. The quantitative estimate of drug-likeness (QED) is 0.848. The molecule has 1 N–H and O–H groups in total. The van der Waals surface area contributed by atoms with Crippen molar-refractivity contribution in [3.05, 3.63) is 65.5 Å². The fourth-order valence-corrected chi connectivity index (χ4v) is 5.01. The van der Waals surface area contributed by atoms with E-state index in [0.29, 0.717) is 6.54 Å². The van der Waals surface area contributed by atoms with Gasteiger partial charge < -0.3 is 9.84 Å². The van der Waals surface area contributed by atoms with Crippen LogP contribution in [0.15, 0.2) is 48.5 Å². The lowest BCUT2D eigenvalue weighted by molar-refractivity contribution is -0.126. The summed E-state index contributed by atoms with van der Waals surface area (Å²) in [6.07, 6.45) is 4.89. The fourth-order valence-electron chi connectivity index (χ4n) is 5.01. The Morgan fingerprint density at radius 1 is 1.11 bits per heavy atom. The van der Waals surface area contributed by atoms with Gasteiger partial charge in [-0.15, -0.1) is 0 Å². The number of hydrogen-bond acceptors (Lipinski definition) is 3. The number of benzene rings is 2. The smallest absolute Gasteiger partial charge is 0.127 e. The number of ether oxygens (including phenoxy) is 1. The number of hydrogen-bond donors (Lipinski definition) is 1. The minimum atomic E-state index is -0.603. The van der Waals surface area contributed by atoms with E-state index in [9.17, 15) is 9.50 Å². The summed E-state index contributed by atoms with van der Waals surface area (Å²) in [6.45, 7) is 1.34. The van der Waals surface area contributed by atoms with E-state index in [-0.39, 0.29) is 17.8 Å². The maximum absolute atomic E-state index is 14.3. The maximum Gasteiger partial charge on any atom is 0.127 e. The largest absolute Gasteiger partial charge is 0.497 e. The molecule has 0 spiro atoms. The molecule has 1 aliphatic heterocycles. The van der Waals surface area contributed by atoms with Crippen molar-refractivity contribution in [2.24, 2.45) is 5.92 Å². The van der Waals surface area contributed by atoms with Crippen LogP contribution >= 0.6 is 0 Å². The number of piperidine rings is 1. The molecule has 4 rings (SSSR count). The second-order valence-corrected chi connectivity index (χ2v) is 7.99. The van der Waals surface area contributed by atoms with Gasteiger partial charge >= 0.3 is 0 Å². The first kappa shape index (κ1) is 18.5. The Hall–Kier alpha value is -1.91. The summed E-state index contributed by atoms with van der Waals surface area (Å²) >= 11 is 0. The number of nitrogens with zero attached hydrogens (tertiary/aromatic N) is 1. The molecule has 2 fully saturated rings. The van der Waals surface area contributed by atoms with Crippen LogP contribution in [-0.2, 0) is 6.54 Å². The first-order valence-corrected chi connectivity index (χ1v) is 9.94. The number of aliphatic hydroxyl groups is 1. The van der Waals surface area contributed by atoms with Gasteiger partial charge in [-0.2, -0.15) is 0 Å². The van der Waals surface area contributed by atoms with Crippen molar-refractivity contribution in [3.8, 4) is 5.75 Å². The topological polar surface area (TPSA) is 32.7 Å².